The van der Waals surface area contributed by atoms with Crippen LogP contribution in [-0.4, -0.2) is 67.6 Å². The number of nitrogens with zero attached hydrogens (tertiary/aromatic N) is 5. The Morgan fingerprint density at radius 2 is 1.81 bits per heavy atom. The van der Waals surface area contributed by atoms with Gasteiger partial charge in [-0.15, -0.1) is 5.10 Å². The normalized spacial score (nSPS) is 17.4. The van der Waals surface area contributed by atoms with Gasteiger partial charge in [0.2, 0.25) is 0 Å². The molecule has 1 saturated heterocycles. The summed E-state index contributed by atoms with van der Waals surface area (Å²) in [7, 11) is 0. The van der Waals surface area contributed by atoms with E-state index >= 15 is 0 Å². The Morgan fingerprint density at radius 1 is 1.08 bits per heavy atom. The molecule has 2 aliphatic rings. The van der Waals surface area contributed by atoms with E-state index in [9.17, 15) is 14.3 Å². The van der Waals surface area contributed by atoms with Gasteiger partial charge in [-0.1, -0.05) is 12.1 Å². The fourth-order valence-corrected chi connectivity index (χ4v) is 4.89. The molecule has 2 N–H and O–H groups in total. The van der Waals surface area contributed by atoms with Crippen LogP contribution >= 0.6 is 0 Å². The van der Waals surface area contributed by atoms with Gasteiger partial charge in [0.05, 0.1) is 18.2 Å². The predicted molar refractivity (Wildman–Crippen MR) is 128 cm³/mol. The average Bonchev–Trinajstić information content (AvgIpc) is 3.33. The third kappa shape index (κ3) is 4.31. The molecule has 2 aromatic heterocycles. The van der Waals surface area contributed by atoms with Gasteiger partial charge in [-0.2, -0.15) is 0 Å². The van der Waals surface area contributed by atoms with Crippen LogP contribution < -0.4 is 15.0 Å². The Balaban J connectivity index is 1.44. The lowest BCUT2D eigenvalue weighted by Gasteiger charge is -2.35. The van der Waals surface area contributed by atoms with Crippen molar-refractivity contribution >= 4 is 10.9 Å². The van der Waals surface area contributed by atoms with Crippen molar-refractivity contribution in [2.45, 2.75) is 31.5 Å². The molecule has 0 saturated carbocycles. The number of nitrogens with one attached hydrogen (secondary N) is 1. The second-order valence-corrected chi connectivity index (χ2v) is 9.13. The van der Waals surface area contributed by atoms with Gasteiger partial charge in [-0.3, -0.25) is 9.69 Å². The fraction of sp³-hybridized carbons (Fsp3) is 0.360. The highest BCUT2D eigenvalue weighted by atomic mass is 19.1. The number of H-pyrrole nitrogens is 1. The second kappa shape index (κ2) is 9.32. The molecule has 6 rings (SSSR count). The first-order valence-corrected chi connectivity index (χ1v) is 11.9. The number of rotatable bonds is 5. The van der Waals surface area contributed by atoms with Crippen molar-refractivity contribution in [2.24, 2.45) is 0 Å². The molecule has 1 fully saturated rings. The molecule has 186 valence electrons. The van der Waals surface area contributed by atoms with Gasteiger partial charge in [0.25, 0.3) is 5.56 Å². The van der Waals surface area contributed by atoms with E-state index in [2.05, 4.69) is 25.4 Å². The zero-order valence-corrected chi connectivity index (χ0v) is 19.4. The Morgan fingerprint density at radius 3 is 2.56 bits per heavy atom. The maximum Gasteiger partial charge on any atom is 0.253 e. The van der Waals surface area contributed by atoms with Crippen LogP contribution in [0.4, 0.5) is 4.39 Å². The molecule has 0 bridgehead atoms. The minimum atomic E-state index is -0.547. The topological polar surface area (TPSA) is 118 Å². The van der Waals surface area contributed by atoms with Crippen molar-refractivity contribution in [3.8, 4) is 11.5 Å². The quantitative estimate of drug-likeness (QED) is 0.435. The van der Waals surface area contributed by atoms with E-state index in [1.54, 1.807) is 22.9 Å². The van der Waals surface area contributed by atoms with Crippen LogP contribution in [0.15, 0.2) is 47.3 Å². The van der Waals surface area contributed by atoms with E-state index in [1.807, 2.05) is 12.1 Å². The van der Waals surface area contributed by atoms with Crippen molar-refractivity contribution in [3.05, 3.63) is 75.6 Å². The lowest BCUT2D eigenvalue weighted by molar-refractivity contribution is 0.0659. The highest BCUT2D eigenvalue weighted by Gasteiger charge is 2.33. The molecule has 2 aliphatic heterocycles. The Labute approximate surface area is 205 Å². The number of hydrogen-bond donors (Lipinski definition) is 2. The number of ether oxygens (including phenoxy) is 2. The van der Waals surface area contributed by atoms with Gasteiger partial charge in [0.15, 0.2) is 17.3 Å². The van der Waals surface area contributed by atoms with Crippen LogP contribution in [0.5, 0.6) is 11.5 Å². The predicted octanol–water partition coefficient (Wildman–Crippen LogP) is 2.02. The summed E-state index contributed by atoms with van der Waals surface area (Å²) in [6, 6.07) is 11.1. The number of aliphatic hydroxyl groups excluding tert-OH is 1. The minimum absolute atomic E-state index is 0.258. The van der Waals surface area contributed by atoms with E-state index in [1.165, 1.54) is 12.1 Å². The molecule has 36 heavy (non-hydrogen) atoms. The van der Waals surface area contributed by atoms with E-state index in [0.29, 0.717) is 74.1 Å². The molecule has 4 aromatic rings. The van der Waals surface area contributed by atoms with Crippen LogP contribution in [-0.2, 0) is 6.54 Å². The maximum absolute atomic E-state index is 13.4. The van der Waals surface area contributed by atoms with Crippen LogP contribution in [0, 0.1) is 5.82 Å². The number of tetrazole rings is 1. The van der Waals surface area contributed by atoms with Crippen molar-refractivity contribution in [2.75, 3.05) is 26.3 Å². The zero-order valence-electron chi connectivity index (χ0n) is 19.4. The van der Waals surface area contributed by atoms with Crippen molar-refractivity contribution in [1.29, 1.82) is 0 Å². The summed E-state index contributed by atoms with van der Waals surface area (Å²) in [5.74, 6) is 1.41. The van der Waals surface area contributed by atoms with Crippen LogP contribution in [0.2, 0.25) is 0 Å². The summed E-state index contributed by atoms with van der Waals surface area (Å²) in [6.07, 6.45) is 0.788. The van der Waals surface area contributed by atoms with Gasteiger partial charge in [0, 0.05) is 30.1 Å². The first kappa shape index (κ1) is 22.6. The van der Waals surface area contributed by atoms with Crippen molar-refractivity contribution < 1.29 is 19.0 Å². The number of pyridine rings is 1. The molecule has 10 nitrogen and oxygen atoms in total. The Bertz CT molecular complexity index is 1450. The maximum atomic E-state index is 13.4. The summed E-state index contributed by atoms with van der Waals surface area (Å²) >= 11 is 0. The van der Waals surface area contributed by atoms with E-state index < -0.39 is 6.04 Å². The number of hydrogen-bond acceptors (Lipinski definition) is 8. The molecule has 2 aromatic carbocycles. The molecule has 0 radical (unpaired) electrons. The Hall–Kier alpha value is -3.83. The van der Waals surface area contributed by atoms with Gasteiger partial charge in [-0.25, -0.2) is 9.07 Å². The molecule has 1 atom stereocenters. The van der Waals surface area contributed by atoms with Gasteiger partial charge >= 0.3 is 0 Å². The number of halogens is 1. The average molecular weight is 493 g/mol. The smallest absolute Gasteiger partial charge is 0.253 e. The standard InChI is InChI=1S/C25H25FN6O4/c26-17-3-1-15(2-4-17)14-32-24(28-29-30-32)23(31-7-5-18(33)6-8-31)19-11-16-12-21-22(36-10-9-35-21)13-20(16)27-25(19)34/h1-4,11-13,18,23,33H,5-10,14H2,(H,27,34)/t23-/m0/s1. The van der Waals surface area contributed by atoms with Gasteiger partial charge < -0.3 is 19.6 Å². The lowest BCUT2D eigenvalue weighted by atomic mass is 9.99. The third-order valence-electron chi connectivity index (χ3n) is 6.74. The number of piperidine rings is 1. The largest absolute Gasteiger partial charge is 0.486 e. The molecular formula is C25H25FN6O4. The highest BCUT2D eigenvalue weighted by Crippen LogP contribution is 2.35. The lowest BCUT2D eigenvalue weighted by Crippen LogP contribution is -2.41. The number of benzene rings is 2. The summed E-state index contributed by atoms with van der Waals surface area (Å²) < 4.78 is 26.5. The van der Waals surface area contributed by atoms with E-state index in [-0.39, 0.29) is 17.5 Å². The summed E-state index contributed by atoms with van der Waals surface area (Å²) in [6.45, 7) is 2.40. The molecule has 0 amide bonds. The molecular weight excluding hydrogens is 467 g/mol. The number of fused-ring (bicyclic) bond motifs is 2. The molecule has 11 heteroatoms. The molecule has 4 heterocycles. The fourth-order valence-electron chi connectivity index (χ4n) is 4.89. The SMILES string of the molecule is O=c1[nH]c2cc3c(cc2cc1[C@@H](c1nnnn1Cc1ccc(F)cc1)N1CCC(O)CC1)OCCO3. The number of aliphatic hydroxyl groups is 1. The van der Waals surface area contributed by atoms with Crippen molar-refractivity contribution in [3.63, 3.8) is 0 Å². The monoisotopic (exact) mass is 492 g/mol. The molecule has 0 spiro atoms. The van der Waals surface area contributed by atoms with E-state index in [4.69, 9.17) is 9.47 Å². The van der Waals surface area contributed by atoms with Crippen LogP contribution in [0.25, 0.3) is 10.9 Å². The van der Waals surface area contributed by atoms with E-state index in [0.717, 1.165) is 10.9 Å². The number of aromatic nitrogens is 5. The third-order valence-corrected chi connectivity index (χ3v) is 6.74. The van der Waals surface area contributed by atoms with Crippen LogP contribution in [0.1, 0.15) is 35.8 Å². The first-order valence-electron chi connectivity index (χ1n) is 11.9. The number of likely N-dealkylation sites (tertiary alicyclic amines) is 1. The van der Waals surface area contributed by atoms with Gasteiger partial charge in [-0.05, 0) is 53.1 Å². The molecule has 0 unspecified atom stereocenters. The Kier molecular flexibility index (Phi) is 5.86. The van der Waals surface area contributed by atoms with Crippen LogP contribution in [0.3, 0.4) is 0 Å². The second-order valence-electron chi connectivity index (χ2n) is 9.13. The minimum Gasteiger partial charge on any atom is -0.486 e. The summed E-state index contributed by atoms with van der Waals surface area (Å²) in [5.41, 5.74) is 1.71. The molecule has 0 aliphatic carbocycles. The van der Waals surface area contributed by atoms with Gasteiger partial charge in [0.1, 0.15) is 25.1 Å². The summed E-state index contributed by atoms with van der Waals surface area (Å²) in [4.78, 5) is 18.5. The summed E-state index contributed by atoms with van der Waals surface area (Å²) in [5, 5.41) is 23.3. The number of aromatic amines is 1. The zero-order chi connectivity index (χ0) is 24.6. The van der Waals surface area contributed by atoms with Crippen molar-refractivity contribution in [1.82, 2.24) is 30.1 Å². The first-order chi connectivity index (χ1) is 17.5. The highest BCUT2D eigenvalue weighted by molar-refractivity contribution is 5.83.